The second-order valence-electron chi connectivity index (χ2n) is 13.3. The molecule has 238 valence electrons. The third-order valence-corrected chi connectivity index (χ3v) is 9.58. The molecule has 2 aliphatic heterocycles. The van der Waals surface area contributed by atoms with E-state index < -0.39 is 5.82 Å². The zero-order chi connectivity index (χ0) is 31.1. The van der Waals surface area contributed by atoms with E-state index in [4.69, 9.17) is 14.5 Å². The highest BCUT2D eigenvalue weighted by Crippen LogP contribution is 2.47. The predicted octanol–water partition coefficient (Wildman–Crippen LogP) is 6.86. The number of anilines is 1. The first-order valence-corrected chi connectivity index (χ1v) is 16.3. The monoisotopic (exact) mass is 617 g/mol. The van der Waals surface area contributed by atoms with Crippen LogP contribution in [-0.4, -0.2) is 71.1 Å². The molecule has 0 bridgehead atoms. The summed E-state index contributed by atoms with van der Waals surface area (Å²) in [5, 5.41) is 12.2. The van der Waals surface area contributed by atoms with E-state index in [1.807, 2.05) is 11.8 Å². The number of pyridine rings is 1. The first kappa shape index (κ1) is 30.0. The topological polar surface area (TPSA) is 83.8 Å². The van der Waals surface area contributed by atoms with Crippen molar-refractivity contribution in [1.82, 2.24) is 19.9 Å². The Morgan fingerprint density at radius 2 is 1.91 bits per heavy atom. The Hall–Kier alpha value is -3.63. The van der Waals surface area contributed by atoms with Crippen LogP contribution >= 0.6 is 0 Å². The minimum atomic E-state index is -0.667. The largest absolute Gasteiger partial charge is 0.508 e. The summed E-state index contributed by atoms with van der Waals surface area (Å²) in [5.41, 5.74) is 0.896. The van der Waals surface area contributed by atoms with Gasteiger partial charge in [0.2, 0.25) is 0 Å². The van der Waals surface area contributed by atoms with Gasteiger partial charge >= 0.3 is 6.01 Å². The summed E-state index contributed by atoms with van der Waals surface area (Å²) in [7, 11) is 0. The number of phenolic OH excluding ortho intramolecular Hbond substituents is 1. The fourth-order valence-electron chi connectivity index (χ4n) is 6.99. The fourth-order valence-corrected chi connectivity index (χ4v) is 6.99. The molecule has 4 heterocycles. The van der Waals surface area contributed by atoms with Crippen LogP contribution in [0, 0.1) is 23.0 Å². The van der Waals surface area contributed by atoms with Gasteiger partial charge in [-0.3, -0.25) is 4.98 Å². The van der Waals surface area contributed by atoms with Gasteiger partial charge in [-0.05, 0) is 72.6 Å². The standard InChI is InChI=1S/C35H41F2N5O3/c1-3-25-28(36)9-8-23-14-24(43)15-26(29(23)25)31-30(37)32-27(16-38-31)33(42-12-6-4-5-7-13-44-21-42)40-34(39-32)45-20-35(10-11-35)19-41-17-22(2)18-41/h8-9,14-16,22,43H,3-7,10-13,17-21H2,1-2H3. The van der Waals surface area contributed by atoms with Gasteiger partial charge in [0.25, 0.3) is 0 Å². The van der Waals surface area contributed by atoms with Crippen LogP contribution in [0.1, 0.15) is 57.9 Å². The number of fused-ring (bicyclic) bond motifs is 2. The van der Waals surface area contributed by atoms with Gasteiger partial charge in [-0.15, -0.1) is 0 Å². The number of rotatable bonds is 8. The zero-order valence-corrected chi connectivity index (χ0v) is 26.1. The first-order valence-electron chi connectivity index (χ1n) is 16.3. The molecular formula is C35H41F2N5O3. The number of ether oxygens (including phenoxy) is 2. The molecule has 7 rings (SSSR count). The Kier molecular flexibility index (Phi) is 8.20. The number of aryl methyl sites for hydroxylation is 1. The predicted molar refractivity (Wildman–Crippen MR) is 171 cm³/mol. The number of aromatic hydroxyl groups is 1. The van der Waals surface area contributed by atoms with E-state index in [-0.39, 0.29) is 34.2 Å². The van der Waals surface area contributed by atoms with Crippen LogP contribution in [0.5, 0.6) is 11.8 Å². The first-order chi connectivity index (χ1) is 21.8. The number of nitrogens with zero attached hydrogens (tertiary/aromatic N) is 5. The van der Waals surface area contributed by atoms with Crippen molar-refractivity contribution in [2.45, 2.75) is 58.8 Å². The number of phenols is 1. The van der Waals surface area contributed by atoms with Crippen LogP contribution in [0.15, 0.2) is 30.5 Å². The summed E-state index contributed by atoms with van der Waals surface area (Å²) in [6, 6.07) is 6.10. The van der Waals surface area contributed by atoms with Gasteiger partial charge in [-0.1, -0.05) is 32.8 Å². The van der Waals surface area contributed by atoms with Crippen LogP contribution < -0.4 is 9.64 Å². The lowest BCUT2D eigenvalue weighted by Crippen LogP contribution is -2.48. The Morgan fingerprint density at radius 3 is 2.69 bits per heavy atom. The highest BCUT2D eigenvalue weighted by molar-refractivity contribution is 6.01. The molecule has 3 fully saturated rings. The van der Waals surface area contributed by atoms with E-state index >= 15 is 4.39 Å². The lowest BCUT2D eigenvalue weighted by atomic mass is 9.94. The minimum Gasteiger partial charge on any atom is -0.508 e. The molecule has 10 heteroatoms. The molecule has 3 aliphatic rings. The van der Waals surface area contributed by atoms with Crippen molar-refractivity contribution in [1.29, 1.82) is 0 Å². The maximum absolute atomic E-state index is 16.8. The van der Waals surface area contributed by atoms with E-state index in [9.17, 15) is 9.50 Å². The summed E-state index contributed by atoms with van der Waals surface area (Å²) in [4.78, 5) is 18.5. The average molecular weight is 618 g/mol. The molecule has 0 radical (unpaired) electrons. The SMILES string of the molecule is CCc1c(F)ccc2cc(O)cc(-c3ncc4c(N5CCCCCCOC5)nc(OCC5(CN6CC(C)C6)CC5)nc4c3F)c12. The van der Waals surface area contributed by atoms with E-state index in [1.54, 1.807) is 18.3 Å². The molecule has 0 atom stereocenters. The molecule has 0 unspecified atom stereocenters. The van der Waals surface area contributed by atoms with E-state index in [2.05, 4.69) is 21.8 Å². The van der Waals surface area contributed by atoms with Crippen LogP contribution in [-0.2, 0) is 11.2 Å². The second kappa shape index (κ2) is 12.3. The maximum atomic E-state index is 16.8. The van der Waals surface area contributed by atoms with Crippen molar-refractivity contribution < 1.29 is 23.4 Å². The van der Waals surface area contributed by atoms with E-state index in [0.717, 1.165) is 64.1 Å². The van der Waals surface area contributed by atoms with Crippen molar-refractivity contribution >= 4 is 27.5 Å². The van der Waals surface area contributed by atoms with E-state index in [1.165, 1.54) is 12.1 Å². The number of benzene rings is 2. The van der Waals surface area contributed by atoms with Gasteiger partial charge < -0.3 is 24.4 Å². The van der Waals surface area contributed by atoms with Crippen LogP contribution in [0.25, 0.3) is 32.9 Å². The quantitative estimate of drug-likeness (QED) is 0.230. The third-order valence-electron chi connectivity index (χ3n) is 9.58. The lowest BCUT2D eigenvalue weighted by Gasteiger charge is -2.39. The fraction of sp³-hybridized carbons (Fsp3) is 0.514. The smallest absolute Gasteiger partial charge is 0.319 e. The van der Waals surface area contributed by atoms with Gasteiger partial charge in [0.05, 0.1) is 12.0 Å². The van der Waals surface area contributed by atoms with E-state index in [0.29, 0.717) is 66.0 Å². The lowest BCUT2D eigenvalue weighted by molar-refractivity contribution is 0.0688. The van der Waals surface area contributed by atoms with Crippen molar-refractivity contribution in [3.63, 3.8) is 0 Å². The molecule has 2 aromatic carbocycles. The van der Waals surface area contributed by atoms with Gasteiger partial charge in [0, 0.05) is 50.0 Å². The summed E-state index contributed by atoms with van der Waals surface area (Å²) in [6.07, 6.45) is 8.27. The molecule has 1 N–H and O–H groups in total. The Labute approximate surface area is 262 Å². The van der Waals surface area contributed by atoms with Gasteiger partial charge in [-0.25, -0.2) is 8.78 Å². The second-order valence-corrected chi connectivity index (χ2v) is 13.3. The van der Waals surface area contributed by atoms with Crippen molar-refractivity contribution in [3.05, 3.63) is 47.7 Å². The number of halogens is 2. The molecule has 2 saturated heterocycles. The van der Waals surface area contributed by atoms with Crippen LogP contribution in [0.2, 0.25) is 0 Å². The molecule has 4 aromatic rings. The zero-order valence-electron chi connectivity index (χ0n) is 26.1. The maximum Gasteiger partial charge on any atom is 0.319 e. The normalized spacial score (nSPS) is 19.2. The van der Waals surface area contributed by atoms with Crippen LogP contribution in [0.3, 0.4) is 0 Å². The third kappa shape index (κ3) is 6.02. The number of hydrogen-bond acceptors (Lipinski definition) is 8. The average Bonchev–Trinajstić information content (AvgIpc) is 3.76. The summed E-state index contributed by atoms with van der Waals surface area (Å²) in [6.45, 7) is 9.47. The Bertz CT molecular complexity index is 1710. The number of hydrogen-bond donors (Lipinski definition) is 1. The highest BCUT2D eigenvalue weighted by Gasteiger charge is 2.46. The Balaban J connectivity index is 1.32. The molecular weight excluding hydrogens is 576 g/mol. The van der Waals surface area contributed by atoms with Crippen molar-refractivity contribution in [2.75, 3.05) is 51.0 Å². The van der Waals surface area contributed by atoms with Gasteiger partial charge in [0.15, 0.2) is 5.82 Å². The molecule has 45 heavy (non-hydrogen) atoms. The highest BCUT2D eigenvalue weighted by atomic mass is 19.1. The summed E-state index contributed by atoms with van der Waals surface area (Å²) < 4.78 is 44.0. The molecule has 2 aromatic heterocycles. The number of likely N-dealkylation sites (tertiary alicyclic amines) is 1. The minimum absolute atomic E-state index is 0.00872. The summed E-state index contributed by atoms with van der Waals surface area (Å²) >= 11 is 0. The molecule has 1 aliphatic carbocycles. The van der Waals surface area contributed by atoms with Gasteiger partial charge in [0.1, 0.15) is 35.3 Å². The molecule has 0 spiro atoms. The van der Waals surface area contributed by atoms with Crippen molar-refractivity contribution in [2.24, 2.45) is 11.3 Å². The number of aromatic nitrogens is 3. The Morgan fingerprint density at radius 1 is 1.09 bits per heavy atom. The molecule has 8 nitrogen and oxygen atoms in total. The van der Waals surface area contributed by atoms with Crippen LogP contribution in [0.4, 0.5) is 14.6 Å². The summed E-state index contributed by atoms with van der Waals surface area (Å²) in [5.74, 6) is 0.155. The van der Waals surface area contributed by atoms with Gasteiger partial charge in [-0.2, -0.15) is 9.97 Å². The molecule has 1 saturated carbocycles. The van der Waals surface area contributed by atoms with Crippen molar-refractivity contribution in [3.8, 4) is 23.0 Å². The molecule has 0 amide bonds.